The van der Waals surface area contributed by atoms with E-state index >= 15 is 0 Å². The molecule has 4 rings (SSSR count). The zero-order valence-corrected chi connectivity index (χ0v) is 29.3. The van der Waals surface area contributed by atoms with Crippen molar-refractivity contribution in [2.75, 3.05) is 33.5 Å². The fraction of sp³-hybridized carbons (Fsp3) is 0.583. The number of hydrogen-bond donors (Lipinski definition) is 2. The summed E-state index contributed by atoms with van der Waals surface area (Å²) in [6.45, 7) is 25.9. The highest BCUT2D eigenvalue weighted by Crippen LogP contribution is 2.59. The summed E-state index contributed by atoms with van der Waals surface area (Å²) in [7, 11) is 1.33. The molecule has 48 heavy (non-hydrogen) atoms. The molecule has 0 aromatic heterocycles. The van der Waals surface area contributed by atoms with E-state index in [0.717, 1.165) is 24.2 Å². The first-order valence-electron chi connectivity index (χ1n) is 15.7. The number of methoxy groups -OCH3 is 1. The van der Waals surface area contributed by atoms with Gasteiger partial charge >= 0.3 is 29.8 Å². The third kappa shape index (κ3) is 17.2. The third-order valence-corrected chi connectivity index (χ3v) is 7.70. The lowest BCUT2D eigenvalue weighted by molar-refractivity contribution is -0.148. The molecule has 0 radical (unpaired) electrons. The van der Waals surface area contributed by atoms with Gasteiger partial charge in [0.25, 0.3) is 0 Å². The van der Waals surface area contributed by atoms with Crippen molar-refractivity contribution < 1.29 is 57.9 Å². The maximum Gasteiger partial charge on any atom is 0.333 e. The first-order chi connectivity index (χ1) is 22.4. The molecule has 12 nitrogen and oxygen atoms in total. The topological polar surface area (TPSA) is 175 Å². The van der Waals surface area contributed by atoms with E-state index in [9.17, 15) is 24.0 Å². The molecule has 4 fully saturated rings. The Morgan fingerprint density at radius 2 is 1.19 bits per heavy atom. The molecule has 270 valence electrons. The molecule has 6 atom stereocenters. The van der Waals surface area contributed by atoms with Gasteiger partial charge in [0.05, 0.1) is 20.3 Å². The van der Waals surface area contributed by atoms with Gasteiger partial charge in [-0.3, -0.25) is 0 Å². The smallest absolute Gasteiger partial charge is 0.333 e. The van der Waals surface area contributed by atoms with Gasteiger partial charge in [0.15, 0.2) is 0 Å². The highest BCUT2D eigenvalue weighted by molar-refractivity contribution is 5.88. The molecule has 0 aromatic rings. The minimum absolute atomic E-state index is 0.0473. The Morgan fingerprint density at radius 1 is 0.708 bits per heavy atom. The Hall–Kier alpha value is -4.03. The van der Waals surface area contributed by atoms with Crippen molar-refractivity contribution in [3.8, 4) is 0 Å². The molecule has 1 heterocycles. The molecule has 2 bridgehead atoms. The van der Waals surface area contributed by atoms with Gasteiger partial charge in [0.2, 0.25) is 0 Å². The predicted molar refractivity (Wildman–Crippen MR) is 179 cm³/mol. The minimum Gasteiger partial charge on any atom is -0.478 e. The van der Waals surface area contributed by atoms with Gasteiger partial charge < -0.3 is 33.9 Å². The number of carboxylic acids is 1. The number of carbonyl (C=O) groups excluding carboxylic acids is 4. The Labute approximate surface area is 284 Å². The van der Waals surface area contributed by atoms with E-state index in [-0.39, 0.29) is 48.9 Å². The van der Waals surface area contributed by atoms with Crippen molar-refractivity contribution in [3.63, 3.8) is 0 Å². The van der Waals surface area contributed by atoms with Gasteiger partial charge in [-0.1, -0.05) is 39.3 Å². The van der Waals surface area contributed by atoms with Crippen LogP contribution in [0.3, 0.4) is 0 Å². The molecule has 4 aliphatic rings. The Balaban J connectivity index is 0.000000609. The standard InChI is InChI=1S/C14H20O2.C7H10O3.C6H10O3.C5H8O2.C4H6O2/c1-8(2)14(15)16-13-7-9-6-12(13)11-5-3-4-10(9)11;1-5(2)7(8)10-4-6-3-9-6;1-5(2)6(8)9-4-3-7;1-4(2)5(6)7-3;1-3(2)4(5)6/h9-13H,1,3-7H2,2H3;6H,1,3-4H2,2H3;7H,1,3-4H2,2H3;1H2,2-3H3;1H2,2H3,(H,5,6). The lowest BCUT2D eigenvalue weighted by atomic mass is 9.80. The predicted octanol–water partition coefficient (Wildman–Crippen LogP) is 4.92. The zero-order valence-electron chi connectivity index (χ0n) is 29.3. The number of esters is 4. The summed E-state index contributed by atoms with van der Waals surface area (Å²) in [6, 6.07) is 0. The van der Waals surface area contributed by atoms with Gasteiger partial charge in [0.1, 0.15) is 25.4 Å². The Morgan fingerprint density at radius 3 is 1.58 bits per heavy atom. The van der Waals surface area contributed by atoms with Crippen molar-refractivity contribution in [1.29, 1.82) is 0 Å². The molecule has 6 unspecified atom stereocenters. The van der Waals surface area contributed by atoms with Gasteiger partial charge in [0, 0.05) is 27.9 Å². The minimum atomic E-state index is -0.935. The van der Waals surface area contributed by atoms with E-state index in [0.29, 0.717) is 41.4 Å². The number of aliphatic hydroxyl groups excluding tert-OH is 1. The van der Waals surface area contributed by atoms with Crippen molar-refractivity contribution in [3.05, 3.63) is 60.8 Å². The van der Waals surface area contributed by atoms with Gasteiger partial charge in [-0.25, -0.2) is 24.0 Å². The zero-order chi connectivity index (χ0) is 37.1. The van der Waals surface area contributed by atoms with Crippen LogP contribution < -0.4 is 0 Å². The molecular weight excluding hydrogens is 624 g/mol. The second kappa shape index (κ2) is 22.5. The molecule has 2 N–H and O–H groups in total. The van der Waals surface area contributed by atoms with Crippen LogP contribution in [0.25, 0.3) is 0 Å². The number of epoxide rings is 1. The number of aliphatic carboxylic acids is 1. The lowest BCUT2D eigenvalue weighted by Gasteiger charge is -2.31. The number of carbonyl (C=O) groups is 5. The number of aliphatic hydroxyl groups is 1. The Kier molecular flexibility index (Phi) is 20.6. The van der Waals surface area contributed by atoms with Gasteiger partial charge in [-0.05, 0) is 84.0 Å². The fourth-order valence-corrected chi connectivity index (χ4v) is 5.27. The van der Waals surface area contributed by atoms with Crippen LogP contribution >= 0.6 is 0 Å². The third-order valence-electron chi connectivity index (χ3n) is 7.70. The van der Waals surface area contributed by atoms with Crippen LogP contribution in [0.2, 0.25) is 0 Å². The number of ether oxygens (including phenoxy) is 5. The van der Waals surface area contributed by atoms with Crippen LogP contribution in [0.15, 0.2) is 60.8 Å². The summed E-state index contributed by atoms with van der Waals surface area (Å²) < 4.78 is 23.9. The summed E-state index contributed by atoms with van der Waals surface area (Å²) in [5.41, 5.74) is 1.92. The van der Waals surface area contributed by atoms with E-state index in [4.69, 9.17) is 24.4 Å². The molecule has 0 spiro atoms. The maximum absolute atomic E-state index is 11.5. The summed E-state index contributed by atoms with van der Waals surface area (Å²) in [6.07, 6.45) is 6.95. The summed E-state index contributed by atoms with van der Waals surface area (Å²) in [4.78, 5) is 52.5. The van der Waals surface area contributed by atoms with Crippen molar-refractivity contribution in [2.24, 2.45) is 23.7 Å². The quantitative estimate of drug-likeness (QED) is 0.138. The number of rotatable bonds is 10. The number of hydrogen-bond acceptors (Lipinski definition) is 11. The van der Waals surface area contributed by atoms with Crippen LogP contribution in [0.5, 0.6) is 0 Å². The van der Waals surface area contributed by atoms with Gasteiger partial charge in [-0.15, -0.1) is 0 Å². The Bertz CT molecular complexity index is 1180. The molecule has 12 heteroatoms. The second-order valence-electron chi connectivity index (χ2n) is 12.2. The summed E-state index contributed by atoms with van der Waals surface area (Å²) >= 11 is 0. The highest BCUT2D eigenvalue weighted by atomic mass is 16.6. The van der Waals surface area contributed by atoms with Crippen LogP contribution in [0.1, 0.15) is 66.7 Å². The monoisotopic (exact) mass is 678 g/mol. The summed E-state index contributed by atoms with van der Waals surface area (Å²) in [5.74, 6) is 1.08. The molecule has 1 saturated heterocycles. The molecular formula is C36H54O12. The molecule has 1 aliphatic heterocycles. The largest absolute Gasteiger partial charge is 0.478 e. The van der Waals surface area contributed by atoms with E-state index in [1.807, 2.05) is 0 Å². The normalized spacial score (nSPS) is 23.1. The molecule has 3 saturated carbocycles. The maximum atomic E-state index is 11.5. The average molecular weight is 679 g/mol. The van der Waals surface area contributed by atoms with Crippen LogP contribution in [-0.2, 0) is 47.7 Å². The van der Waals surface area contributed by atoms with E-state index < -0.39 is 11.9 Å². The van der Waals surface area contributed by atoms with Crippen LogP contribution in [-0.4, -0.2) is 85.8 Å². The van der Waals surface area contributed by atoms with E-state index in [2.05, 4.69) is 42.4 Å². The van der Waals surface area contributed by atoms with Crippen LogP contribution in [0, 0.1) is 23.7 Å². The van der Waals surface area contributed by atoms with E-state index in [1.165, 1.54) is 39.7 Å². The summed E-state index contributed by atoms with van der Waals surface area (Å²) in [5, 5.41) is 16.1. The first-order valence-corrected chi connectivity index (χ1v) is 15.7. The van der Waals surface area contributed by atoms with Crippen LogP contribution in [0.4, 0.5) is 0 Å². The van der Waals surface area contributed by atoms with Crippen molar-refractivity contribution in [2.45, 2.75) is 78.9 Å². The lowest BCUT2D eigenvalue weighted by Crippen LogP contribution is -2.32. The van der Waals surface area contributed by atoms with Crippen molar-refractivity contribution in [1.82, 2.24) is 0 Å². The SMILES string of the molecule is C=C(C)C(=O)O.C=C(C)C(=O)OC.C=C(C)C(=O)OC1CC2CC1C1CCCC21.C=C(C)C(=O)OCC1CO1.C=C(C)C(=O)OCCO. The van der Waals surface area contributed by atoms with Gasteiger partial charge in [-0.2, -0.15) is 0 Å². The molecule has 0 aromatic carbocycles. The second-order valence-corrected chi connectivity index (χ2v) is 12.2. The van der Waals surface area contributed by atoms with E-state index in [1.54, 1.807) is 27.7 Å². The molecule has 0 amide bonds. The number of carboxylic acid groups (broad SMARTS) is 1. The first kappa shape index (κ1) is 44.0. The van der Waals surface area contributed by atoms with Crippen molar-refractivity contribution >= 4 is 29.8 Å². The average Bonchev–Trinajstić information content (AvgIpc) is 3.40. The molecule has 3 aliphatic carbocycles. The number of fused-ring (bicyclic) bond motifs is 5. The fourth-order valence-electron chi connectivity index (χ4n) is 5.27. The highest BCUT2D eigenvalue weighted by Gasteiger charge is 2.55.